The average Bonchev–Trinajstić information content (AvgIpc) is 3.74. The van der Waals surface area contributed by atoms with Gasteiger partial charge < -0.3 is 43.2 Å². The molecule has 0 unspecified atom stereocenters. The molecule has 0 spiro atoms. The largest absolute Gasteiger partial charge is 0.514 e. The van der Waals surface area contributed by atoms with Crippen LogP contribution in [0.2, 0.25) is 0 Å². The van der Waals surface area contributed by atoms with E-state index in [1.807, 2.05) is 66.7 Å². The molecule has 0 bridgehead atoms. The number of benzene rings is 4. The highest BCUT2D eigenvalue weighted by atomic mass is 16.7. The number of carbonyl (C=O) groups is 1. The molecule has 1 aliphatic carbocycles. The number of carbonyl (C=O) groups excluding carboxylic acids is 1. The van der Waals surface area contributed by atoms with Gasteiger partial charge in [-0.3, -0.25) is 0 Å². The fraction of sp³-hybridized carbons (Fsp3) is 0.306. The summed E-state index contributed by atoms with van der Waals surface area (Å²) < 4.78 is 46.5. The molecule has 1 saturated heterocycles. The fourth-order valence-electron chi connectivity index (χ4n) is 6.84. The van der Waals surface area contributed by atoms with Crippen molar-refractivity contribution in [2.45, 2.75) is 24.9 Å². The molecule has 1 fully saturated rings. The van der Waals surface area contributed by atoms with Crippen LogP contribution < -0.4 is 29.0 Å². The molecule has 3 aliphatic rings. The maximum absolute atomic E-state index is 12.8. The second kappa shape index (κ2) is 12.8. The molecule has 0 amide bonds. The Morgan fingerprint density at radius 2 is 1.50 bits per heavy atom. The maximum atomic E-state index is 12.8. The molecule has 46 heavy (non-hydrogen) atoms. The van der Waals surface area contributed by atoms with E-state index in [-0.39, 0.29) is 42.9 Å². The van der Waals surface area contributed by atoms with Gasteiger partial charge in [-0.15, -0.1) is 0 Å². The molecule has 7 rings (SSSR count). The van der Waals surface area contributed by atoms with E-state index in [9.17, 15) is 4.79 Å². The van der Waals surface area contributed by atoms with Gasteiger partial charge in [0, 0.05) is 30.6 Å². The Labute approximate surface area is 267 Å². The van der Waals surface area contributed by atoms with Crippen molar-refractivity contribution >= 4 is 11.8 Å². The molecule has 0 radical (unpaired) electrons. The normalized spacial score (nSPS) is 22.4. The van der Waals surface area contributed by atoms with Gasteiger partial charge in [-0.2, -0.15) is 0 Å². The van der Waals surface area contributed by atoms with Gasteiger partial charge in [-0.25, -0.2) is 4.79 Å². The number of hydrogen-bond donors (Lipinski definition) is 1. The van der Waals surface area contributed by atoms with Crippen LogP contribution in [0.3, 0.4) is 0 Å². The van der Waals surface area contributed by atoms with Crippen LogP contribution >= 0.6 is 0 Å². The van der Waals surface area contributed by atoms with Crippen molar-refractivity contribution < 1.29 is 42.7 Å². The Balaban J connectivity index is 1.29. The average molecular weight is 626 g/mol. The van der Waals surface area contributed by atoms with E-state index in [0.717, 1.165) is 27.9 Å². The van der Waals surface area contributed by atoms with Crippen LogP contribution in [-0.2, 0) is 20.8 Å². The Bertz CT molecular complexity index is 1670. The molecule has 2 aliphatic heterocycles. The Morgan fingerprint density at radius 3 is 2.15 bits per heavy atom. The smallest absolute Gasteiger partial charge is 0.493 e. The highest BCUT2D eigenvalue weighted by Crippen LogP contribution is 2.57. The van der Waals surface area contributed by atoms with Crippen molar-refractivity contribution in [2.75, 3.05) is 40.0 Å². The summed E-state index contributed by atoms with van der Waals surface area (Å²) >= 11 is 0. The first-order valence-electron chi connectivity index (χ1n) is 15.1. The zero-order chi connectivity index (χ0) is 31.6. The topological polar surface area (TPSA) is 103 Å². The number of nitrogens with one attached hydrogen (secondary N) is 1. The van der Waals surface area contributed by atoms with Gasteiger partial charge in [0.25, 0.3) is 0 Å². The van der Waals surface area contributed by atoms with Crippen molar-refractivity contribution in [3.63, 3.8) is 0 Å². The van der Waals surface area contributed by atoms with Crippen molar-refractivity contribution in [1.82, 2.24) is 0 Å². The van der Waals surface area contributed by atoms with Crippen LogP contribution in [0.15, 0.2) is 84.9 Å². The summed E-state index contributed by atoms with van der Waals surface area (Å²) in [4.78, 5) is 12.8. The first-order chi connectivity index (χ1) is 22.6. The minimum Gasteiger partial charge on any atom is -0.493 e. The van der Waals surface area contributed by atoms with Crippen molar-refractivity contribution in [3.05, 3.63) is 107 Å². The number of hydrogen-bond acceptors (Lipinski definition) is 10. The summed E-state index contributed by atoms with van der Waals surface area (Å²) in [5.74, 6) is 1.85. The second-order valence-electron chi connectivity index (χ2n) is 11.4. The highest BCUT2D eigenvalue weighted by molar-refractivity contribution is 5.69. The Kier molecular flexibility index (Phi) is 8.30. The molecule has 5 atom stereocenters. The minimum atomic E-state index is -0.873. The van der Waals surface area contributed by atoms with E-state index in [0.29, 0.717) is 29.6 Å². The van der Waals surface area contributed by atoms with Crippen LogP contribution in [0.5, 0.6) is 28.7 Å². The lowest BCUT2D eigenvalue weighted by molar-refractivity contribution is -0.113. The predicted molar refractivity (Wildman–Crippen MR) is 168 cm³/mol. The van der Waals surface area contributed by atoms with Gasteiger partial charge in [0.2, 0.25) is 12.5 Å². The zero-order valence-electron chi connectivity index (χ0n) is 25.8. The monoisotopic (exact) mass is 625 g/mol. The standard InChI is InChI=1S/C36H35NO9/c1-39-29-14-22(15-30(40-2)34(29)46-36(38)43-18-21-10-6-4-7-11-21)31-24-16-27-28(45-20-44-27)17-25(24)33(37-23-12-8-5-9-13-23)26-19-42-35(41-3)32(26)31/h4-17,26,31-33,35,37H,18-20H2,1-3H3/t26-,31+,32-,33+,35+/m0/s1. The van der Waals surface area contributed by atoms with E-state index in [1.165, 1.54) is 14.2 Å². The number of fused-ring (bicyclic) bond motifs is 3. The van der Waals surface area contributed by atoms with E-state index < -0.39 is 12.4 Å². The molecule has 4 aromatic rings. The molecule has 10 nitrogen and oxygen atoms in total. The molecular weight excluding hydrogens is 590 g/mol. The summed E-state index contributed by atoms with van der Waals surface area (Å²) in [5, 5.41) is 3.76. The molecule has 2 heterocycles. The summed E-state index contributed by atoms with van der Waals surface area (Å²) in [6.45, 7) is 0.710. The molecule has 238 valence electrons. The molecule has 4 aromatic carbocycles. The van der Waals surface area contributed by atoms with Crippen LogP contribution in [0.25, 0.3) is 0 Å². The summed E-state index contributed by atoms with van der Waals surface area (Å²) in [7, 11) is 4.71. The Hall–Kier alpha value is -4.93. The third-order valence-corrected chi connectivity index (χ3v) is 8.88. The first kappa shape index (κ1) is 29.8. The Morgan fingerprint density at radius 1 is 0.848 bits per heavy atom. The number of para-hydroxylation sites is 1. The lowest BCUT2D eigenvalue weighted by Gasteiger charge is -2.42. The second-order valence-corrected chi connectivity index (χ2v) is 11.4. The quantitative estimate of drug-likeness (QED) is 0.160. The summed E-state index contributed by atoms with van der Waals surface area (Å²) in [6, 6.07) is 27.2. The van der Waals surface area contributed by atoms with E-state index in [4.69, 9.17) is 37.9 Å². The number of ether oxygens (including phenoxy) is 8. The number of rotatable bonds is 9. The van der Waals surface area contributed by atoms with E-state index in [2.05, 4.69) is 23.5 Å². The van der Waals surface area contributed by atoms with E-state index in [1.54, 1.807) is 7.11 Å². The van der Waals surface area contributed by atoms with Crippen LogP contribution in [0.1, 0.15) is 34.2 Å². The zero-order valence-corrected chi connectivity index (χ0v) is 25.8. The lowest BCUT2D eigenvalue weighted by atomic mass is 9.65. The van der Waals surface area contributed by atoms with Crippen LogP contribution in [0, 0.1) is 11.8 Å². The molecule has 10 heteroatoms. The molecule has 0 saturated carbocycles. The highest BCUT2D eigenvalue weighted by Gasteiger charge is 2.52. The molecule has 1 N–H and O–H groups in total. The van der Waals surface area contributed by atoms with E-state index >= 15 is 0 Å². The summed E-state index contributed by atoms with van der Waals surface area (Å²) in [5.41, 5.74) is 4.82. The lowest BCUT2D eigenvalue weighted by Crippen LogP contribution is -2.39. The van der Waals surface area contributed by atoms with Gasteiger partial charge in [0.1, 0.15) is 6.61 Å². The van der Waals surface area contributed by atoms with Crippen molar-refractivity contribution in [1.29, 1.82) is 0 Å². The van der Waals surface area contributed by atoms with Gasteiger partial charge >= 0.3 is 6.16 Å². The minimum absolute atomic E-state index is 0.0314. The number of anilines is 1. The summed E-state index contributed by atoms with van der Waals surface area (Å²) in [6.07, 6.45) is -1.35. The molecule has 0 aromatic heterocycles. The first-order valence-corrected chi connectivity index (χ1v) is 15.1. The van der Waals surface area contributed by atoms with Crippen molar-refractivity contribution in [2.24, 2.45) is 11.8 Å². The fourth-order valence-corrected chi connectivity index (χ4v) is 6.84. The SMILES string of the molecule is COc1cc([C@@H]2c3cc4c(cc3[C@@H](Nc3ccccc3)[C@H]3CO[C@@H](OC)[C@H]23)OCO4)cc(OC)c1OC(=O)OCc1ccccc1. The van der Waals surface area contributed by atoms with Crippen LogP contribution in [0.4, 0.5) is 10.5 Å². The third kappa shape index (κ3) is 5.54. The van der Waals surface area contributed by atoms with Crippen LogP contribution in [-0.4, -0.2) is 47.2 Å². The maximum Gasteiger partial charge on any atom is 0.514 e. The van der Waals surface area contributed by atoms with Gasteiger partial charge in [-0.05, 0) is 58.7 Å². The van der Waals surface area contributed by atoms with Gasteiger partial charge in [0.05, 0.1) is 26.9 Å². The predicted octanol–water partition coefficient (Wildman–Crippen LogP) is 6.68. The third-order valence-electron chi connectivity index (χ3n) is 8.88. The van der Waals surface area contributed by atoms with Crippen molar-refractivity contribution in [3.8, 4) is 28.7 Å². The number of methoxy groups -OCH3 is 3. The molecular formula is C36H35NO9. The van der Waals surface area contributed by atoms with Gasteiger partial charge in [0.15, 0.2) is 29.3 Å². The van der Waals surface area contributed by atoms with Gasteiger partial charge in [-0.1, -0.05) is 48.5 Å².